The van der Waals surface area contributed by atoms with Gasteiger partial charge in [0.25, 0.3) is 0 Å². The maximum absolute atomic E-state index is 11.6. The van der Waals surface area contributed by atoms with Gasteiger partial charge in [0.15, 0.2) is 12.1 Å². The van der Waals surface area contributed by atoms with Crippen LogP contribution in [0.1, 0.15) is 33.6 Å². The number of amidine groups is 1. The molecular formula is C17H25N5O4. The molecule has 2 rings (SSSR count). The fraction of sp³-hybridized carbons (Fsp3) is 0.529. The molecule has 0 amide bonds. The summed E-state index contributed by atoms with van der Waals surface area (Å²) in [6, 6.07) is 0. The molecule has 0 aliphatic carbocycles. The number of hydrogen-bond acceptors (Lipinski definition) is 9. The first-order chi connectivity index (χ1) is 12.3. The quantitative estimate of drug-likeness (QED) is 0.760. The first-order valence-corrected chi connectivity index (χ1v) is 8.05. The minimum absolute atomic E-state index is 0.132. The van der Waals surface area contributed by atoms with E-state index in [-0.39, 0.29) is 18.9 Å². The van der Waals surface area contributed by atoms with Gasteiger partial charge in [-0.15, -0.1) is 0 Å². The van der Waals surface area contributed by atoms with E-state index in [9.17, 15) is 4.79 Å². The van der Waals surface area contributed by atoms with E-state index in [1.807, 2.05) is 0 Å². The molecule has 9 heteroatoms. The Hall–Kier alpha value is -2.86. The summed E-state index contributed by atoms with van der Waals surface area (Å²) in [7, 11) is 0. The van der Waals surface area contributed by atoms with Crippen molar-refractivity contribution in [1.82, 2.24) is 5.01 Å². The van der Waals surface area contributed by atoms with Gasteiger partial charge in [0.2, 0.25) is 0 Å². The summed E-state index contributed by atoms with van der Waals surface area (Å²) in [5.41, 5.74) is 5.92. The number of rotatable bonds is 4. The summed E-state index contributed by atoms with van der Waals surface area (Å²) in [5.74, 6) is 0.349. The van der Waals surface area contributed by atoms with Crippen LogP contribution in [0.5, 0.6) is 0 Å². The molecule has 2 aliphatic heterocycles. The lowest BCUT2D eigenvalue weighted by molar-refractivity contribution is -0.0696. The topological polar surface area (TPSA) is 123 Å². The maximum Gasteiger partial charge on any atom is 0.508 e. The molecule has 2 atom stereocenters. The molecular weight excluding hydrogens is 338 g/mol. The molecule has 26 heavy (non-hydrogen) atoms. The number of carbonyl (C=O) groups excluding carboxylic acids is 1. The maximum atomic E-state index is 11.6. The number of ether oxygens (including phenoxy) is 3. The standard InChI is InChI=1S/C16H24N4O4.CHN/c1-5-6-12-14(17)18-10-19-20(12)13-8-7-11(23-13)9-22-15(21)24-16(2,3)4;1-2/h5-6,10-11,13H,1,7-9H2,2-4H3,(H2,17,18,19);1H/b12-6-;. The van der Waals surface area contributed by atoms with Crippen LogP contribution in [0.15, 0.2) is 34.5 Å². The lowest BCUT2D eigenvalue weighted by atomic mass is 10.2. The number of nitrogens with zero attached hydrogens (tertiary/aromatic N) is 4. The molecule has 0 bridgehead atoms. The molecule has 142 valence electrons. The summed E-state index contributed by atoms with van der Waals surface area (Å²) in [5, 5.41) is 12.4. The van der Waals surface area contributed by atoms with Crippen molar-refractivity contribution in [2.24, 2.45) is 15.8 Å². The molecule has 2 heterocycles. The Morgan fingerprint density at radius 1 is 1.54 bits per heavy atom. The van der Waals surface area contributed by atoms with Crippen LogP contribution in [-0.4, -0.2) is 47.9 Å². The molecule has 0 aromatic rings. The normalized spacial score (nSPS) is 23.7. The Labute approximate surface area is 153 Å². The van der Waals surface area contributed by atoms with Gasteiger partial charge < -0.3 is 19.9 Å². The van der Waals surface area contributed by atoms with Crippen molar-refractivity contribution in [2.45, 2.75) is 51.5 Å². The lowest BCUT2D eigenvalue weighted by Crippen LogP contribution is -2.38. The van der Waals surface area contributed by atoms with E-state index < -0.39 is 11.8 Å². The van der Waals surface area contributed by atoms with Gasteiger partial charge in [-0.05, 0) is 39.7 Å². The third-order valence-corrected chi connectivity index (χ3v) is 3.29. The van der Waals surface area contributed by atoms with Crippen molar-refractivity contribution >= 4 is 18.3 Å². The van der Waals surface area contributed by atoms with Gasteiger partial charge in [0.05, 0.1) is 6.10 Å². The fourth-order valence-corrected chi connectivity index (χ4v) is 2.32. The smallest absolute Gasteiger partial charge is 0.432 e. The van der Waals surface area contributed by atoms with E-state index in [2.05, 4.69) is 23.2 Å². The first kappa shape index (κ1) is 21.2. The van der Waals surface area contributed by atoms with E-state index in [0.29, 0.717) is 11.5 Å². The highest BCUT2D eigenvalue weighted by Crippen LogP contribution is 2.27. The van der Waals surface area contributed by atoms with Crippen molar-refractivity contribution in [3.63, 3.8) is 0 Å². The van der Waals surface area contributed by atoms with Crippen molar-refractivity contribution in [3.8, 4) is 6.57 Å². The van der Waals surface area contributed by atoms with Crippen LogP contribution in [0.3, 0.4) is 0 Å². The van der Waals surface area contributed by atoms with Gasteiger partial charge >= 0.3 is 6.16 Å². The van der Waals surface area contributed by atoms with Crippen LogP contribution in [0.25, 0.3) is 0 Å². The van der Waals surface area contributed by atoms with Crippen molar-refractivity contribution in [2.75, 3.05) is 6.61 Å². The minimum Gasteiger partial charge on any atom is -0.432 e. The molecule has 2 unspecified atom stereocenters. The zero-order valence-electron chi connectivity index (χ0n) is 15.3. The van der Waals surface area contributed by atoms with Crippen molar-refractivity contribution in [1.29, 1.82) is 5.26 Å². The average molecular weight is 363 g/mol. The number of nitrogens with two attached hydrogens (primary N) is 1. The van der Waals surface area contributed by atoms with Crippen LogP contribution >= 0.6 is 0 Å². The lowest BCUT2D eigenvalue weighted by Gasteiger charge is -2.29. The van der Waals surface area contributed by atoms with Crippen LogP contribution in [0.4, 0.5) is 4.79 Å². The molecule has 0 spiro atoms. The first-order valence-electron chi connectivity index (χ1n) is 8.05. The molecule has 9 nitrogen and oxygen atoms in total. The number of allylic oxidation sites excluding steroid dienone is 2. The van der Waals surface area contributed by atoms with E-state index >= 15 is 0 Å². The molecule has 1 fully saturated rings. The van der Waals surface area contributed by atoms with Gasteiger partial charge in [-0.25, -0.2) is 20.1 Å². The Kier molecular flexibility index (Phi) is 7.80. The van der Waals surface area contributed by atoms with Crippen LogP contribution in [0, 0.1) is 11.8 Å². The monoisotopic (exact) mass is 363 g/mol. The minimum atomic E-state index is -0.700. The number of hydrogen-bond donors (Lipinski definition) is 1. The van der Waals surface area contributed by atoms with Gasteiger partial charge in [-0.3, -0.25) is 0 Å². The van der Waals surface area contributed by atoms with Gasteiger partial charge in [0.1, 0.15) is 24.2 Å². The Balaban J connectivity index is 0.00000163. The predicted molar refractivity (Wildman–Crippen MR) is 97.0 cm³/mol. The largest absolute Gasteiger partial charge is 0.508 e. The van der Waals surface area contributed by atoms with E-state index in [0.717, 1.165) is 12.8 Å². The third-order valence-electron chi connectivity index (χ3n) is 3.29. The molecule has 0 saturated carbocycles. The second kappa shape index (κ2) is 9.58. The van der Waals surface area contributed by atoms with Crippen LogP contribution in [0.2, 0.25) is 0 Å². The van der Waals surface area contributed by atoms with Crippen molar-refractivity contribution in [3.05, 3.63) is 24.4 Å². The Morgan fingerprint density at radius 3 is 2.85 bits per heavy atom. The van der Waals surface area contributed by atoms with Crippen LogP contribution in [-0.2, 0) is 14.2 Å². The summed E-state index contributed by atoms with van der Waals surface area (Å²) in [4.78, 5) is 15.6. The summed E-state index contributed by atoms with van der Waals surface area (Å²) in [6.45, 7) is 12.6. The van der Waals surface area contributed by atoms with Gasteiger partial charge in [0, 0.05) is 6.57 Å². The van der Waals surface area contributed by atoms with E-state index in [4.69, 9.17) is 25.2 Å². The SMILES string of the molecule is C#N.C=C/C=C1/C(N)=NC=NN1C1CCC(COC(=O)OC(C)(C)C)O1. The number of hydrazone groups is 1. The zero-order valence-corrected chi connectivity index (χ0v) is 15.3. The Bertz CT molecular complexity index is 618. The van der Waals surface area contributed by atoms with E-state index in [1.165, 1.54) is 6.34 Å². The molecule has 0 aromatic heterocycles. The second-order valence-electron chi connectivity index (χ2n) is 6.44. The molecule has 2 N–H and O–H groups in total. The Morgan fingerprint density at radius 2 is 2.23 bits per heavy atom. The highest BCUT2D eigenvalue weighted by Gasteiger charge is 2.34. The number of aliphatic imine (C=N–C) groups is 1. The molecule has 0 aromatic carbocycles. The van der Waals surface area contributed by atoms with Crippen molar-refractivity contribution < 1.29 is 19.0 Å². The summed E-state index contributed by atoms with van der Waals surface area (Å²) in [6.07, 6.45) is 4.96. The average Bonchev–Trinajstić information content (AvgIpc) is 3.04. The fourth-order valence-electron chi connectivity index (χ4n) is 2.32. The second-order valence-corrected chi connectivity index (χ2v) is 6.44. The number of carbonyl (C=O) groups is 1. The zero-order chi connectivity index (χ0) is 19.7. The number of nitriles is 1. The highest BCUT2D eigenvalue weighted by molar-refractivity contribution is 6.01. The van der Waals surface area contributed by atoms with E-state index in [1.54, 1.807) is 37.9 Å². The highest BCUT2D eigenvalue weighted by atomic mass is 16.7. The summed E-state index contributed by atoms with van der Waals surface area (Å²) < 4.78 is 16.1. The van der Waals surface area contributed by atoms with Crippen LogP contribution < -0.4 is 5.73 Å². The third kappa shape index (κ3) is 6.22. The molecule has 1 saturated heterocycles. The predicted octanol–water partition coefficient (Wildman–Crippen LogP) is 2.27. The molecule has 2 aliphatic rings. The summed E-state index contributed by atoms with van der Waals surface area (Å²) >= 11 is 0. The van der Waals surface area contributed by atoms with Gasteiger partial charge in [-0.2, -0.15) is 5.10 Å². The van der Waals surface area contributed by atoms with Gasteiger partial charge in [-0.1, -0.05) is 12.7 Å². The molecule has 0 radical (unpaired) electrons.